The summed E-state index contributed by atoms with van der Waals surface area (Å²) in [5, 5.41) is 14.7. The Balaban J connectivity index is 2.08. The highest BCUT2D eigenvalue weighted by molar-refractivity contribution is 5.98. The van der Waals surface area contributed by atoms with Gasteiger partial charge >= 0.3 is 5.97 Å². The van der Waals surface area contributed by atoms with Crippen molar-refractivity contribution in [3.63, 3.8) is 0 Å². The smallest absolute Gasteiger partial charge is 0.326 e. The van der Waals surface area contributed by atoms with Crippen LogP contribution in [0.25, 0.3) is 0 Å². The van der Waals surface area contributed by atoms with Crippen molar-refractivity contribution >= 4 is 17.8 Å². The molecule has 2 unspecified atom stereocenters. The summed E-state index contributed by atoms with van der Waals surface area (Å²) in [6, 6.07) is 13.6. The summed E-state index contributed by atoms with van der Waals surface area (Å²) in [7, 11) is 1.53. The van der Waals surface area contributed by atoms with Crippen molar-refractivity contribution < 1.29 is 24.2 Å². The molecular weight excluding hydrogens is 372 g/mol. The van der Waals surface area contributed by atoms with Crippen LogP contribution in [-0.4, -0.2) is 42.1 Å². The van der Waals surface area contributed by atoms with E-state index in [9.17, 15) is 19.5 Å². The topological polar surface area (TPSA) is 105 Å². The fourth-order valence-electron chi connectivity index (χ4n) is 2.81. The molecule has 0 aromatic heterocycles. The normalized spacial score (nSPS) is 12.7. The first-order valence-corrected chi connectivity index (χ1v) is 9.33. The Hall–Kier alpha value is -3.35. The lowest BCUT2D eigenvalue weighted by molar-refractivity contribution is -0.142. The van der Waals surface area contributed by atoms with E-state index in [0.29, 0.717) is 11.3 Å². The molecule has 2 aromatic rings. The molecule has 0 aliphatic heterocycles. The molecule has 0 aliphatic rings. The van der Waals surface area contributed by atoms with E-state index in [1.165, 1.54) is 7.11 Å². The van der Waals surface area contributed by atoms with E-state index in [0.717, 1.165) is 5.56 Å². The van der Waals surface area contributed by atoms with E-state index in [4.69, 9.17) is 4.74 Å². The highest BCUT2D eigenvalue weighted by atomic mass is 16.5. The van der Waals surface area contributed by atoms with Crippen LogP contribution in [0, 0.1) is 5.92 Å². The van der Waals surface area contributed by atoms with Gasteiger partial charge in [0.2, 0.25) is 5.91 Å². The molecule has 2 rings (SSSR count). The minimum atomic E-state index is -1.13. The van der Waals surface area contributed by atoms with Crippen LogP contribution in [0.4, 0.5) is 0 Å². The van der Waals surface area contributed by atoms with Gasteiger partial charge in [0.25, 0.3) is 5.91 Å². The maximum atomic E-state index is 12.7. The van der Waals surface area contributed by atoms with Crippen LogP contribution in [0.1, 0.15) is 29.8 Å². The predicted molar refractivity (Wildman–Crippen MR) is 109 cm³/mol. The van der Waals surface area contributed by atoms with Gasteiger partial charge in [-0.15, -0.1) is 0 Å². The fourth-order valence-corrected chi connectivity index (χ4v) is 2.81. The zero-order valence-corrected chi connectivity index (χ0v) is 16.7. The number of nitrogens with one attached hydrogen (secondary N) is 2. The van der Waals surface area contributed by atoms with Crippen LogP contribution in [0.5, 0.6) is 5.75 Å². The Morgan fingerprint density at radius 3 is 2.10 bits per heavy atom. The molecule has 0 radical (unpaired) electrons. The first-order chi connectivity index (χ1) is 13.8. The van der Waals surface area contributed by atoms with Gasteiger partial charge in [-0.2, -0.15) is 0 Å². The van der Waals surface area contributed by atoms with Crippen molar-refractivity contribution in [3.05, 3.63) is 65.7 Å². The monoisotopic (exact) mass is 398 g/mol. The second-order valence-electron chi connectivity index (χ2n) is 7.01. The highest BCUT2D eigenvalue weighted by Gasteiger charge is 2.29. The molecule has 2 aromatic carbocycles. The molecule has 0 spiro atoms. The number of rotatable bonds is 9. The SMILES string of the molecule is COc1ccc(C(=O)NC(C(=O)NC(Cc2ccccc2)C(=O)O)C(C)C)cc1. The number of carbonyl (C=O) groups is 3. The summed E-state index contributed by atoms with van der Waals surface area (Å²) in [4.78, 5) is 36.9. The predicted octanol–water partition coefficient (Wildman–Crippen LogP) is 2.26. The second kappa shape index (κ2) is 10.3. The minimum absolute atomic E-state index is 0.152. The van der Waals surface area contributed by atoms with E-state index < -0.39 is 29.9 Å². The van der Waals surface area contributed by atoms with Gasteiger partial charge in [0.05, 0.1) is 7.11 Å². The molecule has 0 saturated heterocycles. The molecule has 0 aliphatic carbocycles. The summed E-state index contributed by atoms with van der Waals surface area (Å²) in [5.74, 6) is -1.71. The van der Waals surface area contributed by atoms with Crippen LogP contribution < -0.4 is 15.4 Å². The lowest BCUT2D eigenvalue weighted by Gasteiger charge is -2.24. The molecule has 7 heteroatoms. The molecule has 3 N–H and O–H groups in total. The lowest BCUT2D eigenvalue weighted by Crippen LogP contribution is -2.54. The van der Waals surface area contributed by atoms with Crippen molar-refractivity contribution in [2.75, 3.05) is 7.11 Å². The minimum Gasteiger partial charge on any atom is -0.497 e. The van der Waals surface area contributed by atoms with Crippen LogP contribution >= 0.6 is 0 Å². The number of ether oxygens (including phenoxy) is 1. The summed E-state index contributed by atoms with van der Waals surface area (Å²) in [5.41, 5.74) is 1.17. The molecule has 0 heterocycles. The number of aliphatic carboxylic acids is 1. The zero-order valence-electron chi connectivity index (χ0n) is 16.7. The van der Waals surface area contributed by atoms with Crippen molar-refractivity contribution in [1.82, 2.24) is 10.6 Å². The molecule has 0 bridgehead atoms. The summed E-state index contributed by atoms with van der Waals surface area (Å²) in [6.45, 7) is 3.57. The quantitative estimate of drug-likeness (QED) is 0.601. The Morgan fingerprint density at radius 1 is 0.966 bits per heavy atom. The van der Waals surface area contributed by atoms with Crippen LogP contribution in [0.3, 0.4) is 0 Å². The Bertz CT molecular complexity index is 834. The standard InChI is InChI=1S/C22H26N2O5/c1-14(2)19(24-20(25)16-9-11-17(29-3)12-10-16)21(26)23-18(22(27)28)13-15-7-5-4-6-8-15/h4-12,14,18-19H,13H2,1-3H3,(H,23,26)(H,24,25)(H,27,28). The number of amides is 2. The number of hydrogen-bond donors (Lipinski definition) is 3. The Kier molecular flexibility index (Phi) is 7.77. The van der Waals surface area contributed by atoms with Gasteiger partial charge in [0, 0.05) is 12.0 Å². The number of carboxylic acids is 1. The third kappa shape index (κ3) is 6.34. The van der Waals surface area contributed by atoms with E-state index in [1.54, 1.807) is 50.2 Å². The molecule has 0 saturated carbocycles. The molecule has 0 fully saturated rings. The van der Waals surface area contributed by atoms with E-state index in [1.807, 2.05) is 18.2 Å². The van der Waals surface area contributed by atoms with Gasteiger partial charge in [-0.05, 0) is 35.7 Å². The van der Waals surface area contributed by atoms with Gasteiger partial charge in [0.1, 0.15) is 17.8 Å². The number of benzene rings is 2. The highest BCUT2D eigenvalue weighted by Crippen LogP contribution is 2.12. The number of hydrogen-bond acceptors (Lipinski definition) is 4. The second-order valence-corrected chi connectivity index (χ2v) is 7.01. The van der Waals surface area contributed by atoms with Gasteiger partial charge in [0.15, 0.2) is 0 Å². The van der Waals surface area contributed by atoms with E-state index in [-0.39, 0.29) is 12.3 Å². The summed E-state index contributed by atoms with van der Waals surface area (Å²) < 4.78 is 5.07. The number of methoxy groups -OCH3 is 1. The third-order valence-electron chi connectivity index (χ3n) is 4.49. The van der Waals surface area contributed by atoms with Crippen molar-refractivity contribution in [1.29, 1.82) is 0 Å². The molecular formula is C22H26N2O5. The Morgan fingerprint density at radius 2 is 1.59 bits per heavy atom. The van der Waals surface area contributed by atoms with E-state index >= 15 is 0 Å². The van der Waals surface area contributed by atoms with Crippen molar-refractivity contribution in [2.24, 2.45) is 5.92 Å². The maximum absolute atomic E-state index is 12.7. The first-order valence-electron chi connectivity index (χ1n) is 9.33. The summed E-state index contributed by atoms with van der Waals surface area (Å²) >= 11 is 0. The first kappa shape index (κ1) is 21.9. The van der Waals surface area contributed by atoms with Gasteiger partial charge in [-0.25, -0.2) is 4.79 Å². The molecule has 7 nitrogen and oxygen atoms in total. The average molecular weight is 398 g/mol. The van der Waals surface area contributed by atoms with Crippen LogP contribution in [0.15, 0.2) is 54.6 Å². The Labute approximate surface area is 170 Å². The van der Waals surface area contributed by atoms with Gasteiger partial charge in [-0.3, -0.25) is 9.59 Å². The molecule has 2 amide bonds. The fraction of sp³-hybridized carbons (Fsp3) is 0.318. The largest absolute Gasteiger partial charge is 0.497 e. The molecule has 154 valence electrons. The van der Waals surface area contributed by atoms with Crippen molar-refractivity contribution in [2.45, 2.75) is 32.4 Å². The molecule has 2 atom stereocenters. The van der Waals surface area contributed by atoms with Crippen LogP contribution in [-0.2, 0) is 16.0 Å². The lowest BCUT2D eigenvalue weighted by atomic mass is 10.0. The summed E-state index contributed by atoms with van der Waals surface area (Å²) in [6.07, 6.45) is 0.152. The van der Waals surface area contributed by atoms with Gasteiger partial charge in [-0.1, -0.05) is 44.2 Å². The average Bonchev–Trinajstić information content (AvgIpc) is 2.71. The van der Waals surface area contributed by atoms with Crippen LogP contribution in [0.2, 0.25) is 0 Å². The number of carbonyl (C=O) groups excluding carboxylic acids is 2. The number of carboxylic acid groups (broad SMARTS) is 1. The molecule has 29 heavy (non-hydrogen) atoms. The maximum Gasteiger partial charge on any atom is 0.326 e. The third-order valence-corrected chi connectivity index (χ3v) is 4.49. The van der Waals surface area contributed by atoms with E-state index in [2.05, 4.69) is 10.6 Å². The van der Waals surface area contributed by atoms with Gasteiger partial charge < -0.3 is 20.5 Å². The zero-order chi connectivity index (χ0) is 21.4. The van der Waals surface area contributed by atoms with Crippen molar-refractivity contribution in [3.8, 4) is 5.75 Å².